The van der Waals surface area contributed by atoms with E-state index in [2.05, 4.69) is 20.6 Å². The average Bonchev–Trinajstić information content (AvgIpc) is 2.76. The molecule has 0 radical (unpaired) electrons. The molecule has 0 bridgehead atoms. The first kappa shape index (κ1) is 21.3. The van der Waals surface area contributed by atoms with E-state index in [9.17, 15) is 4.79 Å². The van der Waals surface area contributed by atoms with Crippen LogP contribution in [0.2, 0.25) is 5.02 Å². The number of anilines is 3. The molecular formula is C25H21ClN4O2. The van der Waals surface area contributed by atoms with E-state index < -0.39 is 0 Å². The highest BCUT2D eigenvalue weighted by Gasteiger charge is 2.15. The summed E-state index contributed by atoms with van der Waals surface area (Å²) < 4.78 is 5.94. The number of nitrogens with zero attached hydrogens (tertiary/aromatic N) is 2. The molecule has 32 heavy (non-hydrogen) atoms. The lowest BCUT2D eigenvalue weighted by molar-refractivity contribution is 0.102. The van der Waals surface area contributed by atoms with Gasteiger partial charge in [0.2, 0.25) is 5.95 Å². The predicted molar refractivity (Wildman–Crippen MR) is 127 cm³/mol. The van der Waals surface area contributed by atoms with Crippen LogP contribution >= 0.6 is 11.6 Å². The summed E-state index contributed by atoms with van der Waals surface area (Å²) in [5.74, 6) is 1.24. The predicted octanol–water partition coefficient (Wildman–Crippen LogP) is 6.54. The molecule has 0 spiro atoms. The Kier molecular flexibility index (Phi) is 6.33. The number of hydrogen-bond donors (Lipinski definition) is 2. The number of carbonyl (C=O) groups is 1. The smallest absolute Gasteiger partial charge is 0.257 e. The second kappa shape index (κ2) is 9.49. The van der Waals surface area contributed by atoms with Gasteiger partial charge in [-0.2, -0.15) is 0 Å². The van der Waals surface area contributed by atoms with E-state index in [4.69, 9.17) is 16.3 Å². The van der Waals surface area contributed by atoms with Crippen LogP contribution in [0.4, 0.5) is 17.3 Å². The number of halogens is 1. The lowest BCUT2D eigenvalue weighted by atomic mass is 10.1. The van der Waals surface area contributed by atoms with Gasteiger partial charge in [0, 0.05) is 16.4 Å². The Morgan fingerprint density at radius 1 is 0.844 bits per heavy atom. The zero-order valence-corrected chi connectivity index (χ0v) is 18.4. The van der Waals surface area contributed by atoms with Gasteiger partial charge in [0.25, 0.3) is 5.91 Å². The molecule has 160 valence electrons. The summed E-state index contributed by atoms with van der Waals surface area (Å²) in [6, 6.07) is 23.5. The lowest BCUT2D eigenvalue weighted by Crippen LogP contribution is -2.15. The van der Waals surface area contributed by atoms with Crippen LogP contribution in [0.3, 0.4) is 0 Å². The third-order valence-electron chi connectivity index (χ3n) is 4.56. The van der Waals surface area contributed by atoms with Gasteiger partial charge in [-0.15, -0.1) is 0 Å². The first-order valence-corrected chi connectivity index (χ1v) is 10.4. The zero-order valence-electron chi connectivity index (χ0n) is 17.6. The first-order valence-electron chi connectivity index (χ1n) is 10.00. The minimum absolute atomic E-state index is 0.322. The maximum Gasteiger partial charge on any atom is 0.257 e. The van der Waals surface area contributed by atoms with Crippen molar-refractivity contribution in [1.29, 1.82) is 0 Å². The van der Waals surface area contributed by atoms with Crippen LogP contribution in [0.5, 0.6) is 11.5 Å². The zero-order chi connectivity index (χ0) is 22.5. The van der Waals surface area contributed by atoms with E-state index in [0.29, 0.717) is 39.4 Å². The summed E-state index contributed by atoms with van der Waals surface area (Å²) in [7, 11) is 0. The number of para-hydroxylation sites is 2. The molecule has 4 aromatic rings. The molecule has 1 aromatic heterocycles. The fourth-order valence-corrected chi connectivity index (χ4v) is 3.36. The van der Waals surface area contributed by atoms with Crippen molar-refractivity contribution in [3.05, 3.63) is 101 Å². The van der Waals surface area contributed by atoms with Crippen LogP contribution in [0.25, 0.3) is 0 Å². The van der Waals surface area contributed by atoms with Crippen LogP contribution in [-0.4, -0.2) is 15.9 Å². The van der Waals surface area contributed by atoms with Crippen LogP contribution in [-0.2, 0) is 0 Å². The average molecular weight is 445 g/mol. The maximum atomic E-state index is 13.2. The van der Waals surface area contributed by atoms with E-state index in [1.54, 1.807) is 36.4 Å². The largest absolute Gasteiger partial charge is 0.455 e. The summed E-state index contributed by atoms with van der Waals surface area (Å²) in [6.07, 6.45) is 0. The van der Waals surface area contributed by atoms with E-state index in [-0.39, 0.29) is 5.91 Å². The SMILES string of the molecule is Cc1cc(C)nc(Nc2ccccc2C(=O)Nc2cc(Cl)ccc2Oc2ccccc2)n1. The molecule has 1 amide bonds. The van der Waals surface area contributed by atoms with Crippen molar-refractivity contribution in [2.24, 2.45) is 0 Å². The number of ether oxygens (including phenoxy) is 1. The fraction of sp³-hybridized carbons (Fsp3) is 0.0800. The number of aromatic nitrogens is 2. The normalized spacial score (nSPS) is 10.5. The van der Waals surface area contributed by atoms with E-state index >= 15 is 0 Å². The van der Waals surface area contributed by atoms with Crippen molar-refractivity contribution in [2.45, 2.75) is 13.8 Å². The molecule has 4 rings (SSSR count). The number of amides is 1. The van der Waals surface area contributed by atoms with E-state index in [0.717, 1.165) is 11.4 Å². The molecule has 0 atom stereocenters. The van der Waals surface area contributed by atoms with Crippen molar-refractivity contribution in [1.82, 2.24) is 9.97 Å². The van der Waals surface area contributed by atoms with E-state index in [1.807, 2.05) is 56.3 Å². The molecule has 6 nitrogen and oxygen atoms in total. The van der Waals surface area contributed by atoms with Crippen molar-refractivity contribution in [3.63, 3.8) is 0 Å². The fourth-order valence-electron chi connectivity index (χ4n) is 3.19. The number of hydrogen-bond acceptors (Lipinski definition) is 5. The van der Waals surface area contributed by atoms with Gasteiger partial charge < -0.3 is 15.4 Å². The lowest BCUT2D eigenvalue weighted by Gasteiger charge is -2.15. The van der Waals surface area contributed by atoms with Crippen LogP contribution in [0.1, 0.15) is 21.7 Å². The summed E-state index contributed by atoms with van der Waals surface area (Å²) >= 11 is 6.18. The highest BCUT2D eigenvalue weighted by molar-refractivity contribution is 6.31. The Labute approximate surface area is 191 Å². The van der Waals surface area contributed by atoms with Crippen LogP contribution in [0.15, 0.2) is 78.9 Å². The summed E-state index contributed by atoms with van der Waals surface area (Å²) in [4.78, 5) is 22.0. The number of nitrogens with one attached hydrogen (secondary N) is 2. The van der Waals surface area contributed by atoms with Gasteiger partial charge in [-0.3, -0.25) is 4.79 Å². The van der Waals surface area contributed by atoms with Crippen LogP contribution in [0, 0.1) is 13.8 Å². The maximum absolute atomic E-state index is 13.2. The second-order valence-corrected chi connectivity index (χ2v) is 7.59. The molecule has 2 N–H and O–H groups in total. The molecule has 0 unspecified atom stereocenters. The molecule has 0 fully saturated rings. The van der Waals surface area contributed by atoms with Gasteiger partial charge in [-0.1, -0.05) is 41.9 Å². The Bertz CT molecular complexity index is 1240. The summed E-state index contributed by atoms with van der Waals surface area (Å²) in [5.41, 5.74) is 3.15. The minimum atomic E-state index is -0.322. The highest BCUT2D eigenvalue weighted by Crippen LogP contribution is 2.33. The molecule has 0 aliphatic carbocycles. The van der Waals surface area contributed by atoms with Crippen molar-refractivity contribution in [2.75, 3.05) is 10.6 Å². The third kappa shape index (κ3) is 5.22. The number of rotatable bonds is 6. The number of carbonyl (C=O) groups excluding carboxylic acids is 1. The number of benzene rings is 3. The topological polar surface area (TPSA) is 76.1 Å². The van der Waals surface area contributed by atoms with Gasteiger partial charge in [0.05, 0.1) is 16.9 Å². The van der Waals surface area contributed by atoms with Gasteiger partial charge >= 0.3 is 0 Å². The van der Waals surface area contributed by atoms with Crippen molar-refractivity contribution in [3.8, 4) is 11.5 Å². The van der Waals surface area contributed by atoms with Gasteiger partial charge in [0.15, 0.2) is 5.75 Å². The minimum Gasteiger partial charge on any atom is -0.455 e. The monoisotopic (exact) mass is 444 g/mol. The van der Waals surface area contributed by atoms with Crippen molar-refractivity contribution < 1.29 is 9.53 Å². The molecule has 0 saturated carbocycles. The third-order valence-corrected chi connectivity index (χ3v) is 4.80. The standard InChI is InChI=1S/C25H21ClN4O2/c1-16-14-17(2)28-25(27-16)30-21-11-7-6-10-20(21)24(31)29-22-15-18(26)12-13-23(22)32-19-8-4-3-5-9-19/h3-15H,1-2H3,(H,29,31)(H,27,28,30). The molecule has 0 aliphatic heterocycles. The summed E-state index contributed by atoms with van der Waals surface area (Å²) in [5, 5.41) is 6.54. The Morgan fingerprint density at radius 2 is 1.53 bits per heavy atom. The van der Waals surface area contributed by atoms with Crippen molar-refractivity contribution >= 4 is 34.8 Å². The van der Waals surface area contributed by atoms with Gasteiger partial charge in [-0.05, 0) is 62.4 Å². The van der Waals surface area contributed by atoms with Gasteiger partial charge in [0.1, 0.15) is 5.75 Å². The Balaban J connectivity index is 1.60. The second-order valence-electron chi connectivity index (χ2n) is 7.15. The molecular weight excluding hydrogens is 424 g/mol. The Morgan fingerprint density at radius 3 is 2.28 bits per heavy atom. The molecule has 0 aliphatic rings. The highest BCUT2D eigenvalue weighted by atomic mass is 35.5. The molecule has 1 heterocycles. The van der Waals surface area contributed by atoms with E-state index in [1.165, 1.54) is 0 Å². The quantitative estimate of drug-likeness (QED) is 0.353. The molecule has 0 saturated heterocycles. The van der Waals surface area contributed by atoms with Gasteiger partial charge in [-0.25, -0.2) is 9.97 Å². The Hall–Kier alpha value is -3.90. The summed E-state index contributed by atoms with van der Waals surface area (Å²) in [6.45, 7) is 3.79. The first-order chi connectivity index (χ1) is 15.5. The molecule has 7 heteroatoms. The van der Waals surface area contributed by atoms with Crippen LogP contribution < -0.4 is 15.4 Å². The molecule has 3 aromatic carbocycles. The number of aryl methyl sites for hydroxylation is 2.